The number of carbonyl (C=O) groups excluding carboxylic acids is 2. The molecule has 7 nitrogen and oxygen atoms in total. The number of hydrogen-bond donors (Lipinski definition) is 4. The quantitative estimate of drug-likeness (QED) is 0.125. The van der Waals surface area contributed by atoms with Gasteiger partial charge in [0.05, 0.1) is 22.1 Å². The summed E-state index contributed by atoms with van der Waals surface area (Å²) in [5, 5.41) is 26.7. The molecule has 5 saturated carbocycles. The number of anilines is 1. The zero-order chi connectivity index (χ0) is 38.6. The first kappa shape index (κ1) is 40.3. The summed E-state index contributed by atoms with van der Waals surface area (Å²) in [4.78, 5) is 38.2. The lowest BCUT2D eigenvalue weighted by atomic mass is 9.32. The number of unbranched alkanes of at least 4 members (excludes halogenated alkanes) is 4. The van der Waals surface area contributed by atoms with Crippen molar-refractivity contribution in [3.8, 4) is 0 Å². The average Bonchev–Trinajstić information content (AvgIpc) is 3.50. The third kappa shape index (κ3) is 6.80. The normalized spacial score (nSPS) is 38.4. The van der Waals surface area contributed by atoms with Crippen LogP contribution in [0.15, 0.2) is 30.4 Å². The van der Waals surface area contributed by atoms with Crippen molar-refractivity contribution in [2.45, 2.75) is 150 Å². The molecule has 0 radical (unpaired) electrons. The Morgan fingerprint density at radius 2 is 1.57 bits per heavy atom. The van der Waals surface area contributed by atoms with Gasteiger partial charge in [-0.05, 0) is 153 Å². The van der Waals surface area contributed by atoms with Gasteiger partial charge in [0.1, 0.15) is 0 Å². The van der Waals surface area contributed by atoms with Crippen molar-refractivity contribution >= 4 is 35.1 Å². The van der Waals surface area contributed by atoms with Crippen LogP contribution in [0.5, 0.6) is 0 Å². The molecule has 1 aromatic carbocycles. The van der Waals surface area contributed by atoms with Gasteiger partial charge in [-0.15, -0.1) is 0 Å². The number of aromatic carboxylic acids is 1. The summed E-state index contributed by atoms with van der Waals surface area (Å²) in [6, 6.07) is 4.48. The van der Waals surface area contributed by atoms with E-state index in [0.29, 0.717) is 48.2 Å². The first-order chi connectivity index (χ1) is 24.9. The monoisotopic (exact) mass is 750 g/mol. The predicted octanol–water partition coefficient (Wildman–Crippen LogP) is 10.5. The molecule has 0 unspecified atom stereocenters. The molecule has 2 amide bonds. The van der Waals surface area contributed by atoms with Crippen LogP contribution in [0.3, 0.4) is 0 Å². The standard InChI is InChI=1S/C45H67ClN2O5/c1-28(2)30-18-23-45(40(53)47-26-12-10-8-9-11-13-37(50)48-29-14-16-33(46)31(27-29)39(51)52)25-24-43(6)32(38(30)45)15-17-35-42(5)21-20-36(49)41(3,4)34(42)19-22-44(35,43)7/h14,16,27,30,32,34-36,38,49H,1,8-13,15,17-26H2,2-7H3,(H,47,53)(H,48,50)(H,51,52)/t30-,32+,34-,35+,36-,38+,42-,43+,44+,45-/m0/s1. The van der Waals surface area contributed by atoms with Gasteiger partial charge in [0.15, 0.2) is 0 Å². The van der Waals surface area contributed by atoms with E-state index in [1.165, 1.54) is 43.4 Å². The predicted molar refractivity (Wildman–Crippen MR) is 213 cm³/mol. The number of halogens is 1. The smallest absolute Gasteiger partial charge is 0.337 e. The van der Waals surface area contributed by atoms with Crippen LogP contribution in [-0.4, -0.2) is 40.6 Å². The van der Waals surface area contributed by atoms with E-state index in [1.807, 2.05) is 0 Å². The summed E-state index contributed by atoms with van der Waals surface area (Å²) >= 11 is 5.94. The first-order valence-electron chi connectivity index (χ1n) is 20.9. The fraction of sp³-hybridized carbons (Fsp3) is 0.756. The summed E-state index contributed by atoms with van der Waals surface area (Å²) in [6.45, 7) is 19.9. The Hall–Kier alpha value is -2.38. The third-order valence-electron chi connectivity index (χ3n) is 16.8. The van der Waals surface area contributed by atoms with E-state index in [4.69, 9.17) is 11.6 Å². The van der Waals surface area contributed by atoms with Crippen molar-refractivity contribution in [3.05, 3.63) is 40.9 Å². The van der Waals surface area contributed by atoms with E-state index < -0.39 is 5.97 Å². The van der Waals surface area contributed by atoms with Gasteiger partial charge in [-0.25, -0.2) is 4.79 Å². The van der Waals surface area contributed by atoms with Gasteiger partial charge < -0.3 is 20.8 Å². The van der Waals surface area contributed by atoms with E-state index >= 15 is 0 Å². The highest BCUT2D eigenvalue weighted by molar-refractivity contribution is 6.33. The second-order valence-corrected chi connectivity index (χ2v) is 19.9. The van der Waals surface area contributed by atoms with E-state index in [1.54, 1.807) is 6.07 Å². The lowest BCUT2D eigenvalue weighted by Gasteiger charge is -2.72. The van der Waals surface area contributed by atoms with Crippen molar-refractivity contribution in [1.82, 2.24) is 5.32 Å². The number of allylic oxidation sites excluding steroid dienone is 1. The molecule has 6 rings (SSSR count). The maximum Gasteiger partial charge on any atom is 0.337 e. The molecule has 5 aliphatic carbocycles. The molecule has 0 heterocycles. The molecule has 0 saturated heterocycles. The molecule has 0 aromatic heterocycles. The minimum absolute atomic E-state index is 0.0307. The van der Waals surface area contributed by atoms with Gasteiger partial charge in [0, 0.05) is 18.7 Å². The maximum absolute atomic E-state index is 14.4. The zero-order valence-corrected chi connectivity index (χ0v) is 34.2. The van der Waals surface area contributed by atoms with Crippen molar-refractivity contribution < 1.29 is 24.6 Å². The zero-order valence-electron chi connectivity index (χ0n) is 33.4. The maximum atomic E-state index is 14.4. The minimum Gasteiger partial charge on any atom is -0.478 e. The molecule has 294 valence electrons. The molecular formula is C45H67ClN2O5. The minimum atomic E-state index is -1.13. The third-order valence-corrected chi connectivity index (χ3v) is 17.2. The molecule has 0 spiro atoms. The first-order valence-corrected chi connectivity index (χ1v) is 21.2. The van der Waals surface area contributed by atoms with Gasteiger partial charge in [-0.3, -0.25) is 9.59 Å². The number of aliphatic hydroxyl groups excluding tert-OH is 1. The second kappa shape index (κ2) is 14.9. The molecule has 0 bridgehead atoms. The Balaban J connectivity index is 1.03. The average molecular weight is 751 g/mol. The number of fused-ring (bicyclic) bond motifs is 7. The molecule has 4 N–H and O–H groups in total. The summed E-state index contributed by atoms with van der Waals surface area (Å²) in [5.74, 6) is 1.49. The number of carboxylic acids is 1. The summed E-state index contributed by atoms with van der Waals surface area (Å²) in [7, 11) is 0. The number of amides is 2. The fourth-order valence-corrected chi connectivity index (χ4v) is 14.0. The van der Waals surface area contributed by atoms with Crippen LogP contribution < -0.4 is 10.6 Å². The molecule has 8 heteroatoms. The highest BCUT2D eigenvalue weighted by Gasteiger charge is 2.71. The Morgan fingerprint density at radius 1 is 0.849 bits per heavy atom. The highest BCUT2D eigenvalue weighted by atomic mass is 35.5. The molecule has 10 atom stereocenters. The number of hydrogen-bond acceptors (Lipinski definition) is 4. The number of rotatable bonds is 12. The molecular weight excluding hydrogens is 684 g/mol. The fourth-order valence-electron chi connectivity index (χ4n) is 13.8. The topological polar surface area (TPSA) is 116 Å². The van der Waals surface area contributed by atoms with E-state index in [9.17, 15) is 24.6 Å². The SMILES string of the molecule is C=C(C)[C@@H]1CC[C@]2(C(=O)NCCCCCCCC(=O)Nc3ccc(Cl)c(C(=O)O)c3)CC[C@]3(C)[C@H](CC[C@@H]4[C@@]5(C)CC[C@H](O)C(C)(C)[C@@H]5CC[C@]43C)[C@@H]12. The molecule has 53 heavy (non-hydrogen) atoms. The molecule has 5 fully saturated rings. The van der Waals surface area contributed by atoms with Crippen molar-refractivity contribution in [2.75, 3.05) is 11.9 Å². The Bertz CT molecular complexity index is 1590. The second-order valence-electron chi connectivity index (χ2n) is 19.5. The largest absolute Gasteiger partial charge is 0.478 e. The van der Waals surface area contributed by atoms with Crippen LogP contribution in [0, 0.1) is 56.7 Å². The Labute approximate surface area is 323 Å². The number of benzene rings is 1. The molecule has 5 aliphatic rings. The number of nitrogens with one attached hydrogen (secondary N) is 2. The van der Waals surface area contributed by atoms with E-state index in [-0.39, 0.29) is 55.6 Å². The van der Waals surface area contributed by atoms with Gasteiger partial charge in [-0.1, -0.05) is 77.6 Å². The van der Waals surface area contributed by atoms with Gasteiger partial charge in [-0.2, -0.15) is 0 Å². The van der Waals surface area contributed by atoms with E-state index in [0.717, 1.165) is 70.6 Å². The van der Waals surface area contributed by atoms with Gasteiger partial charge in [0.25, 0.3) is 0 Å². The summed E-state index contributed by atoms with van der Waals surface area (Å²) in [6.07, 6.45) is 15.8. The Kier molecular flexibility index (Phi) is 11.4. The van der Waals surface area contributed by atoms with E-state index in [2.05, 4.69) is 58.8 Å². The molecule has 0 aliphatic heterocycles. The van der Waals surface area contributed by atoms with Crippen LogP contribution in [0.2, 0.25) is 5.02 Å². The van der Waals surface area contributed by atoms with Crippen molar-refractivity contribution in [3.63, 3.8) is 0 Å². The van der Waals surface area contributed by atoms with Gasteiger partial charge >= 0.3 is 5.97 Å². The van der Waals surface area contributed by atoms with Crippen LogP contribution in [0.4, 0.5) is 5.69 Å². The van der Waals surface area contributed by atoms with Crippen molar-refractivity contribution in [1.29, 1.82) is 0 Å². The number of carbonyl (C=O) groups is 3. The number of aliphatic hydroxyl groups is 1. The Morgan fingerprint density at radius 3 is 2.28 bits per heavy atom. The lowest BCUT2D eigenvalue weighted by molar-refractivity contribution is -0.246. The van der Waals surface area contributed by atoms with Crippen LogP contribution in [0.25, 0.3) is 0 Å². The van der Waals surface area contributed by atoms with Crippen molar-refractivity contribution in [2.24, 2.45) is 56.7 Å². The van der Waals surface area contributed by atoms with Crippen LogP contribution >= 0.6 is 11.6 Å². The van der Waals surface area contributed by atoms with Gasteiger partial charge in [0.2, 0.25) is 11.8 Å². The highest BCUT2D eigenvalue weighted by Crippen LogP contribution is 2.77. The van der Waals surface area contributed by atoms with Crippen LogP contribution in [0.1, 0.15) is 155 Å². The summed E-state index contributed by atoms with van der Waals surface area (Å²) in [5.41, 5.74) is 1.96. The molecule has 1 aromatic rings. The summed E-state index contributed by atoms with van der Waals surface area (Å²) < 4.78 is 0. The van der Waals surface area contributed by atoms with Crippen LogP contribution in [-0.2, 0) is 9.59 Å². The number of carboxylic acid groups (broad SMARTS) is 1. The lowest BCUT2D eigenvalue weighted by Crippen LogP contribution is -2.67.